The number of halogens is 2. The second-order valence-corrected chi connectivity index (χ2v) is 6.72. The molecule has 1 amide bonds. The average Bonchev–Trinajstić information content (AvgIpc) is 2.72. The van der Waals surface area contributed by atoms with Crippen LogP contribution in [0.4, 0.5) is 5.13 Å². The first kappa shape index (κ1) is 13.1. The van der Waals surface area contributed by atoms with Crippen molar-refractivity contribution in [3.05, 3.63) is 5.01 Å². The quantitative estimate of drug-likeness (QED) is 0.849. The lowest BCUT2D eigenvalue weighted by molar-refractivity contribution is -0.117. The van der Waals surface area contributed by atoms with Crippen LogP contribution in [0.2, 0.25) is 0 Å². The minimum atomic E-state index is -0.889. The second-order valence-electron chi connectivity index (χ2n) is 4.11. The van der Waals surface area contributed by atoms with Gasteiger partial charge in [-0.1, -0.05) is 24.7 Å². The molecule has 1 aromatic heterocycles. The van der Waals surface area contributed by atoms with Crippen molar-refractivity contribution in [3.8, 4) is 0 Å². The number of carbonyl (C=O) groups is 1. The number of anilines is 1. The highest BCUT2D eigenvalue weighted by molar-refractivity contribution is 7.15. The normalized spacial score (nSPS) is 21.2. The molecule has 7 heteroatoms. The molecule has 0 spiro atoms. The van der Waals surface area contributed by atoms with Crippen molar-refractivity contribution < 1.29 is 4.79 Å². The highest BCUT2D eigenvalue weighted by atomic mass is 35.5. The van der Waals surface area contributed by atoms with Crippen LogP contribution in [0.3, 0.4) is 0 Å². The smallest absolute Gasteiger partial charge is 0.232 e. The molecule has 0 aliphatic heterocycles. The van der Waals surface area contributed by atoms with Gasteiger partial charge in [-0.15, -0.1) is 33.4 Å². The van der Waals surface area contributed by atoms with Gasteiger partial charge in [0.15, 0.2) is 0 Å². The Morgan fingerprint density at radius 2 is 2.29 bits per heavy atom. The number of alkyl halides is 2. The molecule has 0 radical (unpaired) electrons. The van der Waals surface area contributed by atoms with E-state index < -0.39 is 4.33 Å². The Morgan fingerprint density at radius 1 is 1.59 bits per heavy atom. The zero-order valence-electron chi connectivity index (χ0n) is 9.37. The van der Waals surface area contributed by atoms with Gasteiger partial charge in [0, 0.05) is 6.42 Å². The number of carbonyl (C=O) groups excluding carboxylic acids is 1. The van der Waals surface area contributed by atoms with Crippen molar-refractivity contribution in [2.45, 2.75) is 36.9 Å². The van der Waals surface area contributed by atoms with E-state index in [2.05, 4.69) is 22.4 Å². The Balaban J connectivity index is 1.87. The summed E-state index contributed by atoms with van der Waals surface area (Å²) in [6.07, 6.45) is 3.61. The van der Waals surface area contributed by atoms with Crippen molar-refractivity contribution >= 4 is 45.6 Å². The molecule has 0 bridgehead atoms. The molecule has 1 aromatic rings. The molecule has 1 aliphatic carbocycles. The standard InChI is InChI=1S/C10H13Cl2N3OS/c1-2-3-4-7-14-15-9(17-7)13-8(16)6-5-10(6,11)12/h6H,2-5H2,1H3,(H,13,15,16). The molecule has 1 atom stereocenters. The molecule has 0 aromatic carbocycles. The van der Waals surface area contributed by atoms with Crippen LogP contribution in [0.25, 0.3) is 0 Å². The zero-order valence-corrected chi connectivity index (χ0v) is 11.7. The minimum absolute atomic E-state index is 0.173. The van der Waals surface area contributed by atoms with Crippen molar-refractivity contribution in [3.63, 3.8) is 0 Å². The first-order valence-electron chi connectivity index (χ1n) is 5.54. The maximum Gasteiger partial charge on any atom is 0.232 e. The zero-order chi connectivity index (χ0) is 12.5. The van der Waals surface area contributed by atoms with Crippen molar-refractivity contribution in [2.24, 2.45) is 5.92 Å². The first-order chi connectivity index (χ1) is 8.03. The summed E-state index contributed by atoms with van der Waals surface area (Å²) < 4.78 is -0.889. The minimum Gasteiger partial charge on any atom is -0.300 e. The van der Waals surface area contributed by atoms with Crippen LogP contribution in [0, 0.1) is 5.92 Å². The Bertz CT molecular complexity index is 421. The van der Waals surface area contributed by atoms with Gasteiger partial charge in [-0.05, 0) is 12.8 Å². The summed E-state index contributed by atoms with van der Waals surface area (Å²) in [5.41, 5.74) is 0. The van der Waals surface area contributed by atoms with Crippen molar-refractivity contribution in [2.75, 3.05) is 5.32 Å². The summed E-state index contributed by atoms with van der Waals surface area (Å²) in [5.74, 6) is -0.498. The largest absolute Gasteiger partial charge is 0.300 e. The van der Waals surface area contributed by atoms with Gasteiger partial charge in [-0.2, -0.15) is 0 Å². The summed E-state index contributed by atoms with van der Waals surface area (Å²) in [5, 5.41) is 12.1. The molecule has 2 rings (SSSR count). The number of aryl methyl sites for hydroxylation is 1. The highest BCUT2D eigenvalue weighted by Crippen LogP contribution is 2.53. The molecule has 1 saturated carbocycles. The van der Waals surface area contributed by atoms with Gasteiger partial charge in [0.2, 0.25) is 11.0 Å². The van der Waals surface area contributed by atoms with Gasteiger partial charge in [-0.25, -0.2) is 0 Å². The van der Waals surface area contributed by atoms with E-state index in [9.17, 15) is 4.79 Å². The Labute approximate surface area is 114 Å². The van der Waals surface area contributed by atoms with E-state index >= 15 is 0 Å². The average molecular weight is 294 g/mol. The third-order valence-electron chi connectivity index (χ3n) is 2.58. The molecule has 17 heavy (non-hydrogen) atoms. The van der Waals surface area contributed by atoms with Crippen LogP contribution < -0.4 is 5.32 Å². The van der Waals surface area contributed by atoms with Gasteiger partial charge in [0.1, 0.15) is 9.34 Å². The van der Waals surface area contributed by atoms with Gasteiger partial charge < -0.3 is 5.32 Å². The van der Waals surface area contributed by atoms with Crippen LogP contribution in [-0.4, -0.2) is 20.4 Å². The molecule has 94 valence electrons. The van der Waals surface area contributed by atoms with E-state index in [1.165, 1.54) is 11.3 Å². The molecular weight excluding hydrogens is 281 g/mol. The van der Waals surface area contributed by atoms with Gasteiger partial charge in [-0.3, -0.25) is 4.79 Å². The molecule has 0 saturated heterocycles. The van der Waals surface area contributed by atoms with Crippen LogP contribution in [0.1, 0.15) is 31.2 Å². The predicted molar refractivity (Wildman–Crippen MR) is 69.7 cm³/mol. The van der Waals surface area contributed by atoms with Crippen LogP contribution in [0.5, 0.6) is 0 Å². The fraction of sp³-hybridized carbons (Fsp3) is 0.700. The number of nitrogens with one attached hydrogen (secondary N) is 1. The van der Waals surface area contributed by atoms with Crippen molar-refractivity contribution in [1.29, 1.82) is 0 Å². The monoisotopic (exact) mass is 293 g/mol. The van der Waals surface area contributed by atoms with Gasteiger partial charge in [0.25, 0.3) is 0 Å². The Morgan fingerprint density at radius 3 is 2.88 bits per heavy atom. The third-order valence-corrected chi connectivity index (χ3v) is 4.32. The SMILES string of the molecule is CCCCc1nnc(NC(=O)C2CC2(Cl)Cl)s1. The molecule has 1 unspecified atom stereocenters. The summed E-state index contributed by atoms with van der Waals surface area (Å²) in [7, 11) is 0. The number of hydrogen-bond donors (Lipinski definition) is 1. The second kappa shape index (κ2) is 5.08. The Hall–Kier alpha value is -0.390. The van der Waals surface area contributed by atoms with Crippen molar-refractivity contribution in [1.82, 2.24) is 10.2 Å². The first-order valence-corrected chi connectivity index (χ1v) is 7.11. The number of rotatable bonds is 5. The maximum absolute atomic E-state index is 11.7. The maximum atomic E-state index is 11.7. The lowest BCUT2D eigenvalue weighted by Gasteiger charge is -1.99. The fourth-order valence-electron chi connectivity index (χ4n) is 1.42. The molecule has 4 nitrogen and oxygen atoms in total. The highest BCUT2D eigenvalue weighted by Gasteiger charge is 2.56. The number of hydrogen-bond acceptors (Lipinski definition) is 4. The van der Waals surface area contributed by atoms with E-state index in [1.54, 1.807) is 0 Å². The topological polar surface area (TPSA) is 54.9 Å². The summed E-state index contributed by atoms with van der Waals surface area (Å²) in [6.45, 7) is 2.12. The van der Waals surface area contributed by atoms with E-state index in [4.69, 9.17) is 23.2 Å². The van der Waals surface area contributed by atoms with Gasteiger partial charge in [0.05, 0.1) is 5.92 Å². The lowest BCUT2D eigenvalue weighted by Crippen LogP contribution is -2.16. The number of amides is 1. The van der Waals surface area contributed by atoms with E-state index in [1.807, 2.05) is 0 Å². The number of nitrogens with zero attached hydrogens (tertiary/aromatic N) is 2. The predicted octanol–water partition coefficient (Wildman–Crippen LogP) is 3.01. The van der Waals surface area contributed by atoms with Gasteiger partial charge >= 0.3 is 0 Å². The third kappa shape index (κ3) is 3.30. The summed E-state index contributed by atoms with van der Waals surface area (Å²) >= 11 is 13.0. The number of unbranched alkanes of at least 4 members (excludes halogenated alkanes) is 1. The fourth-order valence-corrected chi connectivity index (χ4v) is 2.71. The number of aromatic nitrogens is 2. The molecule has 1 N–H and O–H groups in total. The van der Waals surface area contributed by atoms with E-state index in [0.29, 0.717) is 11.6 Å². The van der Waals surface area contributed by atoms with Crippen LogP contribution in [-0.2, 0) is 11.2 Å². The molecule has 1 fully saturated rings. The van der Waals surface area contributed by atoms with E-state index in [0.717, 1.165) is 24.3 Å². The molecular formula is C10H13Cl2N3OS. The van der Waals surface area contributed by atoms with Crippen LogP contribution in [0.15, 0.2) is 0 Å². The van der Waals surface area contributed by atoms with Crippen LogP contribution >= 0.6 is 34.5 Å². The Kier molecular flexibility index (Phi) is 3.90. The molecule has 1 aliphatic rings. The molecule has 1 heterocycles. The lowest BCUT2D eigenvalue weighted by atomic mass is 10.3. The van der Waals surface area contributed by atoms with E-state index in [-0.39, 0.29) is 11.8 Å². The summed E-state index contributed by atoms with van der Waals surface area (Å²) in [6, 6.07) is 0. The summed E-state index contributed by atoms with van der Waals surface area (Å²) in [4.78, 5) is 11.7.